The first-order chi connectivity index (χ1) is 24.3. The second kappa shape index (κ2) is 18.8. The molecule has 0 bridgehead atoms. The molecular weight excluding hydrogens is 647 g/mol. The van der Waals surface area contributed by atoms with Crippen LogP contribution in [0.2, 0.25) is 0 Å². The van der Waals surface area contributed by atoms with E-state index in [0.29, 0.717) is 47.5 Å². The molecule has 2 aromatic carbocycles. The summed E-state index contributed by atoms with van der Waals surface area (Å²) in [4.78, 5) is 25.9. The van der Waals surface area contributed by atoms with E-state index < -0.39 is 11.2 Å². The maximum absolute atomic E-state index is 13.7. The number of carbonyl (C=O) groups excluding carboxylic acids is 1. The second-order valence-electron chi connectivity index (χ2n) is 13.1. The Morgan fingerprint density at radius 1 is 1.00 bits per heavy atom. The molecule has 2 aromatic heterocycles. The summed E-state index contributed by atoms with van der Waals surface area (Å²) in [5, 5.41) is 3.08. The molecule has 0 radical (unpaired) electrons. The third-order valence-corrected chi connectivity index (χ3v) is 9.87. The van der Waals surface area contributed by atoms with Crippen molar-refractivity contribution in [1.29, 1.82) is 0 Å². The predicted molar refractivity (Wildman–Crippen MR) is 203 cm³/mol. The third-order valence-electron chi connectivity index (χ3n) is 8.52. The zero-order chi connectivity index (χ0) is 35.3. The highest BCUT2D eigenvalue weighted by molar-refractivity contribution is 7.90. The first kappa shape index (κ1) is 37.1. The number of nitrogens with one attached hydrogen (secondary N) is 1. The van der Waals surface area contributed by atoms with E-state index >= 15 is 0 Å². The molecule has 0 saturated heterocycles. The zero-order valence-corrected chi connectivity index (χ0v) is 30.7. The topological polar surface area (TPSA) is 105 Å². The van der Waals surface area contributed by atoms with Crippen LogP contribution >= 0.6 is 0 Å². The third kappa shape index (κ3) is 10.4. The highest BCUT2D eigenvalue weighted by Crippen LogP contribution is 2.32. The number of nitrogens with zero attached hydrogens (tertiary/aromatic N) is 4. The molecular formula is C40H51N5O4S. The Morgan fingerprint density at radius 2 is 1.80 bits per heavy atom. The molecule has 5 rings (SSSR count). The van der Waals surface area contributed by atoms with Crippen LogP contribution in [-0.4, -0.2) is 57.9 Å². The minimum Gasteiger partial charge on any atom is -0.611 e. The Kier molecular flexibility index (Phi) is 13.9. The smallest absolute Gasteiger partial charge is 0.251 e. The van der Waals surface area contributed by atoms with Gasteiger partial charge in [-0.2, -0.15) is 0 Å². The molecule has 266 valence electrons. The number of fused-ring (bicyclic) bond motifs is 1. The van der Waals surface area contributed by atoms with Gasteiger partial charge in [-0.15, -0.1) is 0 Å². The minimum absolute atomic E-state index is 0.142. The van der Waals surface area contributed by atoms with Crippen LogP contribution in [0.5, 0.6) is 5.75 Å². The minimum atomic E-state index is -1.22. The Hall–Kier alpha value is -4.12. The second-order valence-corrected chi connectivity index (χ2v) is 14.6. The Morgan fingerprint density at radius 3 is 2.54 bits per heavy atom. The van der Waals surface area contributed by atoms with Gasteiger partial charge in [0, 0.05) is 54.8 Å². The van der Waals surface area contributed by atoms with E-state index in [1.807, 2.05) is 65.4 Å². The predicted octanol–water partition coefficient (Wildman–Crippen LogP) is 8.14. The molecule has 0 saturated carbocycles. The number of hydrogen-bond acceptors (Lipinski definition) is 7. The summed E-state index contributed by atoms with van der Waals surface area (Å²) < 4.78 is 26.6. The van der Waals surface area contributed by atoms with E-state index in [4.69, 9.17) is 14.5 Å². The monoisotopic (exact) mass is 697 g/mol. The molecule has 0 spiro atoms. The standard InChI is InChI=1S/C40H51N5O4S/c1-5-7-20-48-21-22-49-37-14-10-31(11-15-37)34-24-33-23-32(9-8-19-44(27-30(3)4)39(33)42-25-34)40(46)43-35-12-16-38(17-13-35)50(47)28-36-26-41-29-45(36)18-6-2/h10-17,23-26,29-30H,5-9,18-22,27-28H2,1-4H3,(H,43,46)/t50-/m0/s1. The fraction of sp³-hybridized carbons (Fsp3) is 0.425. The van der Waals surface area contributed by atoms with Crippen molar-refractivity contribution in [3.05, 3.63) is 90.1 Å². The number of pyridine rings is 1. The van der Waals surface area contributed by atoms with Gasteiger partial charge in [0.05, 0.1) is 24.8 Å². The summed E-state index contributed by atoms with van der Waals surface area (Å²) in [6.45, 7) is 13.1. The lowest BCUT2D eigenvalue weighted by molar-refractivity contribution is -0.112. The van der Waals surface area contributed by atoms with Crippen LogP contribution in [0.25, 0.3) is 17.2 Å². The number of unbranched alkanes of at least 4 members (excludes halogenated alkanes) is 1. The lowest BCUT2D eigenvalue weighted by Gasteiger charge is -2.29. The molecule has 0 unspecified atom stereocenters. The van der Waals surface area contributed by atoms with E-state index in [-0.39, 0.29) is 5.91 Å². The fourth-order valence-electron chi connectivity index (χ4n) is 5.97. The summed E-state index contributed by atoms with van der Waals surface area (Å²) in [5.41, 5.74) is 5.24. The molecule has 10 heteroatoms. The highest BCUT2D eigenvalue weighted by Gasteiger charge is 2.21. The quantitative estimate of drug-likeness (QED) is 0.0878. The van der Waals surface area contributed by atoms with Gasteiger partial charge in [-0.05, 0) is 96.9 Å². The SMILES string of the molecule is CCCCOCCOc1ccc(-c2cnc3c(c2)C=C(C(=O)Nc2ccc([S@@+]([O-])Cc4cncn4CCC)cc2)CCCN3CC(C)C)cc1. The van der Waals surface area contributed by atoms with Crippen LogP contribution in [-0.2, 0) is 33.0 Å². The Labute approximate surface area is 300 Å². The van der Waals surface area contributed by atoms with Crippen LogP contribution in [0, 0.1) is 5.92 Å². The number of imidazole rings is 1. The van der Waals surface area contributed by atoms with Crippen LogP contribution in [0.3, 0.4) is 0 Å². The highest BCUT2D eigenvalue weighted by atomic mass is 32.2. The van der Waals surface area contributed by atoms with Gasteiger partial charge in [0.15, 0.2) is 10.6 Å². The van der Waals surface area contributed by atoms with Crippen molar-refractivity contribution in [2.45, 2.75) is 77.0 Å². The lowest BCUT2D eigenvalue weighted by Crippen LogP contribution is -2.31. The summed E-state index contributed by atoms with van der Waals surface area (Å²) in [5.74, 6) is 2.41. The average molecular weight is 698 g/mol. The van der Waals surface area contributed by atoms with Crippen molar-refractivity contribution < 1.29 is 18.8 Å². The van der Waals surface area contributed by atoms with Crippen LogP contribution < -0.4 is 15.0 Å². The zero-order valence-electron chi connectivity index (χ0n) is 29.9. The summed E-state index contributed by atoms with van der Waals surface area (Å²) in [6.07, 6.45) is 12.1. The number of benzene rings is 2. The normalized spacial score (nSPS) is 13.7. The van der Waals surface area contributed by atoms with Gasteiger partial charge < -0.3 is 28.8 Å². The average Bonchev–Trinajstić information content (AvgIpc) is 3.54. The molecule has 50 heavy (non-hydrogen) atoms. The van der Waals surface area contributed by atoms with Crippen molar-refractivity contribution in [2.75, 3.05) is 43.1 Å². The number of rotatable bonds is 17. The van der Waals surface area contributed by atoms with Crippen LogP contribution in [0.15, 0.2) is 83.8 Å². The molecule has 9 nitrogen and oxygen atoms in total. The lowest BCUT2D eigenvalue weighted by atomic mass is 9.99. The summed E-state index contributed by atoms with van der Waals surface area (Å²) in [7, 11) is 0. The maximum atomic E-state index is 13.7. The number of amides is 1. The number of aromatic nitrogens is 3. The summed E-state index contributed by atoms with van der Waals surface area (Å²) >= 11 is -1.22. The number of anilines is 2. The molecule has 1 N–H and O–H groups in total. The van der Waals surface area contributed by atoms with E-state index in [1.165, 1.54) is 0 Å². The van der Waals surface area contributed by atoms with E-state index in [0.717, 1.165) is 85.9 Å². The van der Waals surface area contributed by atoms with Crippen LogP contribution in [0.1, 0.15) is 71.1 Å². The van der Waals surface area contributed by atoms with Gasteiger partial charge in [0.25, 0.3) is 5.91 Å². The van der Waals surface area contributed by atoms with Crippen molar-refractivity contribution in [2.24, 2.45) is 5.92 Å². The van der Waals surface area contributed by atoms with E-state index in [1.54, 1.807) is 12.5 Å². The van der Waals surface area contributed by atoms with Crippen molar-refractivity contribution in [1.82, 2.24) is 14.5 Å². The number of carbonyl (C=O) groups is 1. The van der Waals surface area contributed by atoms with Crippen molar-refractivity contribution >= 4 is 34.7 Å². The van der Waals surface area contributed by atoms with E-state index in [9.17, 15) is 9.35 Å². The largest absolute Gasteiger partial charge is 0.611 e. The van der Waals surface area contributed by atoms with Gasteiger partial charge in [-0.1, -0.05) is 46.2 Å². The molecule has 4 aromatic rings. The number of aryl methyl sites for hydroxylation is 1. The van der Waals surface area contributed by atoms with Gasteiger partial charge in [-0.25, -0.2) is 9.97 Å². The van der Waals surface area contributed by atoms with Crippen LogP contribution in [0.4, 0.5) is 11.5 Å². The van der Waals surface area contributed by atoms with Gasteiger partial charge in [0.2, 0.25) is 0 Å². The fourth-order valence-corrected chi connectivity index (χ4v) is 7.08. The van der Waals surface area contributed by atoms with Crippen molar-refractivity contribution in [3.8, 4) is 16.9 Å². The Balaban J connectivity index is 1.30. The molecule has 1 aliphatic heterocycles. The van der Waals surface area contributed by atoms with E-state index in [2.05, 4.69) is 49.0 Å². The molecule has 1 atom stereocenters. The van der Waals surface area contributed by atoms with Crippen molar-refractivity contribution in [3.63, 3.8) is 0 Å². The number of ether oxygens (including phenoxy) is 2. The van der Waals surface area contributed by atoms with Gasteiger partial charge in [0.1, 0.15) is 18.2 Å². The Bertz CT molecular complexity index is 1690. The molecule has 1 aliphatic rings. The molecule has 0 fully saturated rings. The maximum Gasteiger partial charge on any atom is 0.251 e. The molecule has 0 aliphatic carbocycles. The van der Waals surface area contributed by atoms with Gasteiger partial charge in [-0.3, -0.25) is 4.79 Å². The molecule has 3 heterocycles. The number of hydrogen-bond donors (Lipinski definition) is 1. The first-order valence-corrected chi connectivity index (χ1v) is 19.2. The first-order valence-electron chi connectivity index (χ1n) is 17.9. The summed E-state index contributed by atoms with van der Waals surface area (Å²) in [6, 6.07) is 17.4. The van der Waals surface area contributed by atoms with Gasteiger partial charge >= 0.3 is 0 Å². The molecule has 1 amide bonds.